The predicted octanol–water partition coefficient (Wildman–Crippen LogP) is 3.43. The predicted molar refractivity (Wildman–Crippen MR) is 121 cm³/mol. The third-order valence-electron chi connectivity index (χ3n) is 5.66. The molecule has 2 aliphatic rings. The third-order valence-corrected chi connectivity index (χ3v) is 6.76. The number of aliphatic hydroxyl groups is 1. The van der Waals surface area contributed by atoms with Crippen molar-refractivity contribution in [1.29, 1.82) is 0 Å². The molecule has 0 amide bonds. The van der Waals surface area contributed by atoms with Crippen molar-refractivity contribution in [3.63, 3.8) is 0 Å². The number of anilines is 1. The molecule has 2 aromatic rings. The van der Waals surface area contributed by atoms with E-state index in [4.69, 9.17) is 9.26 Å². The Bertz CT molecular complexity index is 977. The van der Waals surface area contributed by atoms with Gasteiger partial charge in [0.15, 0.2) is 15.5 Å². The van der Waals surface area contributed by atoms with Crippen molar-refractivity contribution in [2.45, 2.75) is 81.6 Å². The van der Waals surface area contributed by atoms with Crippen LogP contribution in [0.5, 0.6) is 5.88 Å². The molecule has 0 unspecified atom stereocenters. The average Bonchev–Trinajstić information content (AvgIpc) is 3.26. The van der Waals surface area contributed by atoms with E-state index in [0.29, 0.717) is 37.8 Å². The number of piperidine rings is 1. The number of hydrogen-bond donors (Lipinski definition) is 1. The van der Waals surface area contributed by atoms with Crippen LogP contribution in [0.4, 0.5) is 10.4 Å². The minimum absolute atomic E-state index is 0.0635. The molecule has 0 bridgehead atoms. The Morgan fingerprint density at radius 2 is 1.82 bits per heavy atom. The van der Waals surface area contributed by atoms with Crippen molar-refractivity contribution in [2.75, 3.05) is 24.2 Å². The number of hydrogen-bond acceptors (Lipinski definition) is 9. The van der Waals surface area contributed by atoms with Crippen molar-refractivity contribution in [2.24, 2.45) is 0 Å². The van der Waals surface area contributed by atoms with Gasteiger partial charge in [-0.2, -0.15) is 4.98 Å². The molecular weight excluding hydrogens is 451 g/mol. The van der Waals surface area contributed by atoms with Gasteiger partial charge in [0, 0.05) is 31.6 Å². The van der Waals surface area contributed by atoms with Gasteiger partial charge in [-0.05, 0) is 58.4 Å². The van der Waals surface area contributed by atoms with Gasteiger partial charge in [0.1, 0.15) is 6.10 Å². The summed E-state index contributed by atoms with van der Waals surface area (Å²) in [6.07, 6.45) is 9.67. The summed E-state index contributed by atoms with van der Waals surface area (Å²) in [6.45, 7) is 4.11. The normalized spacial score (nSPS) is 18.5. The van der Waals surface area contributed by atoms with E-state index < -0.39 is 15.5 Å². The maximum Gasteiger partial charge on any atom is 0.324 e. The van der Waals surface area contributed by atoms with Gasteiger partial charge in [-0.1, -0.05) is 11.6 Å². The number of alkyl halides is 1. The molecule has 1 saturated heterocycles. The molecule has 1 saturated carbocycles. The van der Waals surface area contributed by atoms with Crippen LogP contribution < -0.4 is 9.64 Å². The summed E-state index contributed by atoms with van der Waals surface area (Å²) in [6, 6.07) is 3.51. The van der Waals surface area contributed by atoms with Gasteiger partial charge in [0.25, 0.3) is 0 Å². The second-order valence-electron chi connectivity index (χ2n) is 9.07. The molecule has 0 spiro atoms. The van der Waals surface area contributed by atoms with E-state index in [1.165, 1.54) is 45.6 Å². The Morgan fingerprint density at radius 1 is 1.15 bits per heavy atom. The quantitative estimate of drug-likeness (QED) is 0.681. The number of nitrogens with zero attached hydrogens (tertiary/aromatic N) is 4. The van der Waals surface area contributed by atoms with E-state index in [1.54, 1.807) is 12.1 Å². The summed E-state index contributed by atoms with van der Waals surface area (Å²) in [5, 5.41) is 13.0. The summed E-state index contributed by atoms with van der Waals surface area (Å²) in [4.78, 5) is 10.2. The molecule has 9 nitrogen and oxygen atoms in total. The highest BCUT2D eigenvalue weighted by Crippen LogP contribution is 2.25. The fourth-order valence-electron chi connectivity index (χ4n) is 3.65. The lowest BCUT2D eigenvalue weighted by Crippen LogP contribution is -2.36. The first-order chi connectivity index (χ1) is 15.5. The van der Waals surface area contributed by atoms with E-state index in [-0.39, 0.29) is 22.9 Å². The van der Waals surface area contributed by atoms with Gasteiger partial charge in [-0.15, -0.1) is 0 Å². The first-order valence-electron chi connectivity index (χ1n) is 11.3. The molecule has 184 valence electrons. The lowest BCUT2D eigenvalue weighted by Gasteiger charge is -2.27. The van der Waals surface area contributed by atoms with Crippen molar-refractivity contribution in [1.82, 2.24) is 15.1 Å². The first-order valence-corrected chi connectivity index (χ1v) is 13.2. The van der Waals surface area contributed by atoms with E-state index in [0.717, 1.165) is 12.8 Å². The molecule has 0 aromatic carbocycles. The zero-order valence-corrected chi connectivity index (χ0v) is 20.2. The fraction of sp³-hybridized carbons (Fsp3) is 0.682. The molecule has 3 heterocycles. The summed E-state index contributed by atoms with van der Waals surface area (Å²) in [5.74, 6) is 0.581. The second-order valence-corrected chi connectivity index (χ2v) is 11.1. The van der Waals surface area contributed by atoms with Crippen molar-refractivity contribution < 1.29 is 27.2 Å². The van der Waals surface area contributed by atoms with E-state index >= 15 is 0 Å². The highest BCUT2D eigenvalue weighted by atomic mass is 32.2. The zero-order valence-electron chi connectivity index (χ0n) is 19.4. The second kappa shape index (κ2) is 10.8. The minimum atomic E-state index is -3.17. The van der Waals surface area contributed by atoms with Crippen LogP contribution >= 0.6 is 0 Å². The van der Waals surface area contributed by atoms with Crippen LogP contribution in [0.3, 0.4) is 0 Å². The molecule has 1 N–H and O–H groups in total. The summed E-state index contributed by atoms with van der Waals surface area (Å²) >= 11 is 0. The number of aromatic nitrogens is 3. The largest absolute Gasteiger partial charge is 0.474 e. The smallest absolute Gasteiger partial charge is 0.324 e. The Balaban J connectivity index is 0.000000186. The van der Waals surface area contributed by atoms with Crippen LogP contribution in [0.15, 0.2) is 27.7 Å². The molecule has 33 heavy (non-hydrogen) atoms. The monoisotopic (exact) mass is 484 g/mol. The van der Waals surface area contributed by atoms with Crippen molar-refractivity contribution in [3.8, 4) is 5.88 Å². The molecule has 1 aliphatic heterocycles. The first kappa shape index (κ1) is 25.4. The van der Waals surface area contributed by atoms with Crippen molar-refractivity contribution in [3.05, 3.63) is 24.2 Å². The van der Waals surface area contributed by atoms with Crippen LogP contribution in [0.1, 0.15) is 64.6 Å². The van der Waals surface area contributed by atoms with Gasteiger partial charge < -0.3 is 19.3 Å². The van der Waals surface area contributed by atoms with Gasteiger partial charge in [-0.3, -0.25) is 0 Å². The SMILES string of the molecule is CC(C)(F)c1noc(N2CCC(O)CC2)n1.CS(=O)(=O)c1ccc(OC2CCCCC2)nc1. The Morgan fingerprint density at radius 3 is 2.33 bits per heavy atom. The van der Waals surface area contributed by atoms with E-state index in [1.807, 2.05) is 4.90 Å². The average molecular weight is 485 g/mol. The Labute approximate surface area is 194 Å². The topological polar surface area (TPSA) is 119 Å². The highest BCUT2D eigenvalue weighted by Gasteiger charge is 2.28. The molecule has 0 atom stereocenters. The number of rotatable bonds is 5. The summed E-state index contributed by atoms with van der Waals surface area (Å²) < 4.78 is 46.8. The Kier molecular flexibility index (Phi) is 8.28. The number of aliphatic hydroxyl groups excluding tert-OH is 1. The van der Waals surface area contributed by atoms with Gasteiger partial charge >= 0.3 is 6.01 Å². The zero-order chi connectivity index (χ0) is 24.1. The number of sulfone groups is 1. The summed E-state index contributed by atoms with van der Waals surface area (Å²) in [7, 11) is -3.17. The lowest BCUT2D eigenvalue weighted by molar-refractivity contribution is 0.143. The molecule has 1 aliphatic carbocycles. The maximum atomic E-state index is 13.5. The number of pyridine rings is 1. The van der Waals surface area contributed by atoms with E-state index in [2.05, 4.69) is 15.1 Å². The lowest BCUT2D eigenvalue weighted by atomic mass is 9.98. The van der Waals surface area contributed by atoms with Crippen molar-refractivity contribution >= 4 is 15.9 Å². The van der Waals surface area contributed by atoms with Crippen LogP contribution in [-0.4, -0.2) is 60.2 Å². The molecule has 4 rings (SSSR count). The molecule has 11 heteroatoms. The highest BCUT2D eigenvalue weighted by molar-refractivity contribution is 7.90. The molecule has 2 fully saturated rings. The van der Waals surface area contributed by atoms with Gasteiger partial charge in [0.2, 0.25) is 11.7 Å². The van der Waals surface area contributed by atoms with Gasteiger partial charge in [0.05, 0.1) is 11.0 Å². The Hall–Kier alpha value is -2.27. The minimum Gasteiger partial charge on any atom is -0.474 e. The van der Waals surface area contributed by atoms with Gasteiger partial charge in [-0.25, -0.2) is 17.8 Å². The van der Waals surface area contributed by atoms with Crippen LogP contribution in [0, 0.1) is 0 Å². The standard InChI is InChI=1S/C12H17NO3S.C10H16FN3O2/c1-17(14,15)11-7-8-12(13-9-11)16-10-5-3-2-4-6-10;1-10(2,11)8-12-9(16-13-8)14-5-3-7(15)4-6-14/h7-10H,2-6H2,1H3;7,15H,3-6H2,1-2H3. The maximum absolute atomic E-state index is 13.5. The summed E-state index contributed by atoms with van der Waals surface area (Å²) in [5.41, 5.74) is -1.59. The third kappa shape index (κ3) is 7.63. The van der Waals surface area contributed by atoms with Crippen LogP contribution in [-0.2, 0) is 15.5 Å². The van der Waals surface area contributed by atoms with Crippen LogP contribution in [0.25, 0.3) is 0 Å². The molecular formula is C22H33FN4O5S. The number of halogens is 1. The fourth-order valence-corrected chi connectivity index (χ4v) is 4.21. The van der Waals surface area contributed by atoms with E-state index in [9.17, 15) is 17.9 Å². The number of ether oxygens (including phenoxy) is 1. The molecule has 0 radical (unpaired) electrons. The molecule has 2 aromatic heterocycles. The van der Waals surface area contributed by atoms with Crippen LogP contribution in [0.2, 0.25) is 0 Å².